The Morgan fingerprint density at radius 3 is 2.47 bits per heavy atom. The number of hydrogen-bond donors (Lipinski definition) is 1. The van der Waals surface area contributed by atoms with Crippen molar-refractivity contribution in [2.75, 3.05) is 0 Å². The Morgan fingerprint density at radius 1 is 1.00 bits per heavy atom. The largest absolute Gasteiger partial charge is 0.281 e. The zero-order chi connectivity index (χ0) is 20.9. The van der Waals surface area contributed by atoms with E-state index in [1.54, 1.807) is 30.1 Å². The van der Waals surface area contributed by atoms with E-state index in [0.29, 0.717) is 10.3 Å². The number of fused-ring (bicyclic) bond motifs is 1. The molecule has 6 nitrogen and oxygen atoms in total. The number of thiophene rings is 1. The van der Waals surface area contributed by atoms with Crippen LogP contribution >= 0.6 is 23.1 Å². The molecule has 0 spiro atoms. The molecule has 0 fully saturated rings. The first-order valence-electron chi connectivity index (χ1n) is 8.93. The number of carbonyl (C=O) groups is 1. The van der Waals surface area contributed by atoms with Crippen molar-refractivity contribution in [3.8, 4) is 0 Å². The first-order chi connectivity index (χ1) is 14.6. The van der Waals surface area contributed by atoms with Crippen molar-refractivity contribution < 1.29 is 9.72 Å². The highest BCUT2D eigenvalue weighted by Crippen LogP contribution is 2.29. The molecular weight excluding hydrogens is 418 g/mol. The molecule has 30 heavy (non-hydrogen) atoms. The van der Waals surface area contributed by atoms with E-state index in [4.69, 9.17) is 0 Å². The third-order valence-corrected chi connectivity index (χ3v) is 6.30. The molecule has 0 radical (unpaired) electrons. The number of nitrogens with one attached hydrogen (secondary N) is 1. The highest BCUT2D eigenvalue weighted by Gasteiger charge is 2.12. The summed E-state index contributed by atoms with van der Waals surface area (Å²) in [5.74, 6) is -0.355. The summed E-state index contributed by atoms with van der Waals surface area (Å²) < 4.78 is 0.807. The van der Waals surface area contributed by atoms with Gasteiger partial charge in [0.2, 0.25) is 0 Å². The Kier molecular flexibility index (Phi) is 5.87. The molecule has 1 amide bonds. The van der Waals surface area contributed by atoms with Crippen LogP contribution in [0.5, 0.6) is 0 Å². The first kappa shape index (κ1) is 19.8. The molecule has 0 saturated carbocycles. The molecule has 4 aromatic rings. The molecule has 0 aliphatic rings. The van der Waals surface area contributed by atoms with Crippen molar-refractivity contribution in [3.05, 3.63) is 99.4 Å². The summed E-state index contributed by atoms with van der Waals surface area (Å²) in [6.45, 7) is 0. The maximum absolute atomic E-state index is 12.3. The van der Waals surface area contributed by atoms with E-state index < -0.39 is 4.92 Å². The normalized spacial score (nSPS) is 11.1. The van der Waals surface area contributed by atoms with Crippen molar-refractivity contribution in [1.29, 1.82) is 0 Å². The van der Waals surface area contributed by atoms with E-state index in [0.717, 1.165) is 15.2 Å². The van der Waals surface area contributed by atoms with Crippen molar-refractivity contribution in [3.63, 3.8) is 0 Å². The predicted molar refractivity (Wildman–Crippen MR) is 121 cm³/mol. The number of benzene rings is 3. The van der Waals surface area contributed by atoms with Gasteiger partial charge in [0.1, 0.15) is 0 Å². The van der Waals surface area contributed by atoms with Crippen LogP contribution in [-0.2, 0) is 0 Å². The van der Waals surface area contributed by atoms with Gasteiger partial charge >= 0.3 is 0 Å². The van der Waals surface area contributed by atoms with Gasteiger partial charge in [-0.15, -0.1) is 11.3 Å². The maximum Gasteiger partial charge on any atom is 0.281 e. The van der Waals surface area contributed by atoms with Gasteiger partial charge in [0.25, 0.3) is 11.6 Å². The van der Waals surface area contributed by atoms with Gasteiger partial charge in [0, 0.05) is 32.0 Å². The third-order valence-electron chi connectivity index (χ3n) is 4.17. The Bertz CT molecular complexity index is 1240. The number of nitrogens with zero attached hydrogens (tertiary/aromatic N) is 2. The quantitative estimate of drug-likeness (QED) is 0.239. The van der Waals surface area contributed by atoms with Crippen LogP contribution in [0, 0.1) is 10.1 Å². The minimum Gasteiger partial charge on any atom is -0.266 e. The molecule has 0 bridgehead atoms. The fraction of sp³-hybridized carbons (Fsp3) is 0. The van der Waals surface area contributed by atoms with Crippen LogP contribution in [-0.4, -0.2) is 17.0 Å². The molecule has 148 valence electrons. The number of amides is 1. The fourth-order valence-electron chi connectivity index (χ4n) is 2.72. The number of rotatable bonds is 6. The standard InChI is InChI=1S/C22H15N3O3S2/c26-22(21-13-16-12-17(25(27)28)8-11-20(16)30-21)24-23-14-15-6-9-19(10-7-15)29-18-4-2-1-3-5-18/h1-14H,(H,24,26)/b23-14-. The molecule has 1 heterocycles. The third kappa shape index (κ3) is 4.73. The number of hydrogen-bond acceptors (Lipinski definition) is 6. The minimum atomic E-state index is -0.454. The van der Waals surface area contributed by atoms with Crippen molar-refractivity contribution in [1.82, 2.24) is 5.43 Å². The van der Waals surface area contributed by atoms with E-state index in [2.05, 4.69) is 22.7 Å². The van der Waals surface area contributed by atoms with Crippen LogP contribution in [0.3, 0.4) is 0 Å². The van der Waals surface area contributed by atoms with Gasteiger partial charge in [-0.3, -0.25) is 14.9 Å². The number of hydrazone groups is 1. The van der Waals surface area contributed by atoms with Gasteiger partial charge in [-0.25, -0.2) is 5.43 Å². The molecule has 0 unspecified atom stereocenters. The molecule has 1 N–H and O–H groups in total. The molecule has 3 aromatic carbocycles. The van der Waals surface area contributed by atoms with Crippen LogP contribution in [0.2, 0.25) is 0 Å². The van der Waals surface area contributed by atoms with Gasteiger partial charge in [-0.1, -0.05) is 42.1 Å². The molecule has 8 heteroatoms. The zero-order valence-corrected chi connectivity index (χ0v) is 17.2. The van der Waals surface area contributed by atoms with Crippen LogP contribution in [0.15, 0.2) is 93.8 Å². The Morgan fingerprint density at radius 2 is 1.73 bits per heavy atom. The number of carbonyl (C=O) groups excluding carboxylic acids is 1. The average Bonchev–Trinajstić information content (AvgIpc) is 3.19. The Hall–Kier alpha value is -3.49. The lowest BCUT2D eigenvalue weighted by atomic mass is 10.2. The second kappa shape index (κ2) is 8.89. The topological polar surface area (TPSA) is 84.6 Å². The molecule has 4 rings (SSSR count). The number of nitro benzene ring substituents is 1. The van der Waals surface area contributed by atoms with E-state index in [1.165, 1.54) is 28.4 Å². The van der Waals surface area contributed by atoms with Crippen molar-refractivity contribution in [2.45, 2.75) is 9.79 Å². The molecule has 0 aliphatic heterocycles. The highest BCUT2D eigenvalue weighted by molar-refractivity contribution is 7.99. The van der Waals surface area contributed by atoms with Gasteiger partial charge in [0.15, 0.2) is 0 Å². The number of non-ortho nitro benzene ring substituents is 1. The van der Waals surface area contributed by atoms with Crippen molar-refractivity contribution >= 4 is 51.0 Å². The zero-order valence-electron chi connectivity index (χ0n) is 15.5. The Balaban J connectivity index is 1.38. The lowest BCUT2D eigenvalue weighted by Crippen LogP contribution is -2.16. The predicted octanol–water partition coefficient (Wildman–Crippen LogP) is 5.72. The van der Waals surface area contributed by atoms with E-state index in [-0.39, 0.29) is 11.6 Å². The summed E-state index contributed by atoms with van der Waals surface area (Å²) in [5.41, 5.74) is 3.36. The summed E-state index contributed by atoms with van der Waals surface area (Å²) >= 11 is 2.94. The lowest BCUT2D eigenvalue weighted by Gasteiger charge is -2.01. The van der Waals surface area contributed by atoms with Gasteiger partial charge in [-0.05, 0) is 42.0 Å². The summed E-state index contributed by atoms with van der Waals surface area (Å²) in [5, 5.41) is 15.6. The van der Waals surface area contributed by atoms with E-state index in [9.17, 15) is 14.9 Å². The second-order valence-electron chi connectivity index (χ2n) is 6.27. The SMILES string of the molecule is O=C(N/N=C\c1ccc(Sc2ccccc2)cc1)c1cc2cc([N+](=O)[O-])ccc2s1. The second-order valence-corrected chi connectivity index (χ2v) is 8.50. The summed E-state index contributed by atoms with van der Waals surface area (Å²) in [4.78, 5) is 25.5. The van der Waals surface area contributed by atoms with Crippen LogP contribution < -0.4 is 5.43 Å². The maximum atomic E-state index is 12.3. The van der Waals surface area contributed by atoms with Gasteiger partial charge < -0.3 is 0 Å². The summed E-state index contributed by atoms with van der Waals surface area (Å²) in [6, 6.07) is 24.1. The highest BCUT2D eigenvalue weighted by atomic mass is 32.2. The molecule has 1 aromatic heterocycles. The van der Waals surface area contributed by atoms with Gasteiger partial charge in [-0.2, -0.15) is 5.10 Å². The average molecular weight is 434 g/mol. The van der Waals surface area contributed by atoms with Crippen LogP contribution in [0.25, 0.3) is 10.1 Å². The van der Waals surface area contributed by atoms with Gasteiger partial charge in [0.05, 0.1) is 16.0 Å². The summed E-state index contributed by atoms with van der Waals surface area (Å²) in [7, 11) is 0. The van der Waals surface area contributed by atoms with E-state index >= 15 is 0 Å². The lowest BCUT2D eigenvalue weighted by molar-refractivity contribution is -0.384. The van der Waals surface area contributed by atoms with Crippen LogP contribution in [0.4, 0.5) is 5.69 Å². The molecule has 0 saturated heterocycles. The molecule has 0 aliphatic carbocycles. The van der Waals surface area contributed by atoms with Crippen molar-refractivity contribution in [2.24, 2.45) is 5.10 Å². The smallest absolute Gasteiger partial charge is 0.266 e. The first-order valence-corrected chi connectivity index (χ1v) is 10.6. The minimum absolute atomic E-state index is 0.000784. The Labute approximate surface area is 180 Å². The molecular formula is C22H15N3O3S2. The van der Waals surface area contributed by atoms with E-state index in [1.807, 2.05) is 42.5 Å². The monoisotopic (exact) mass is 433 g/mol. The number of nitro groups is 1. The molecule has 0 atom stereocenters. The summed E-state index contributed by atoms with van der Waals surface area (Å²) in [6.07, 6.45) is 1.58. The van der Waals surface area contributed by atoms with Crippen LogP contribution in [0.1, 0.15) is 15.2 Å². The fourth-order valence-corrected chi connectivity index (χ4v) is 4.49.